The van der Waals surface area contributed by atoms with E-state index >= 15 is 0 Å². The minimum absolute atomic E-state index is 0.134. The summed E-state index contributed by atoms with van der Waals surface area (Å²) in [6.45, 7) is 2.59. The van der Waals surface area contributed by atoms with Crippen molar-refractivity contribution in [2.24, 2.45) is 0 Å². The van der Waals surface area contributed by atoms with Gasteiger partial charge < -0.3 is 19.9 Å². The average molecular weight is 446 g/mol. The number of urea groups is 1. The van der Waals surface area contributed by atoms with E-state index in [-0.39, 0.29) is 12.1 Å². The molecule has 0 aliphatic carbocycles. The minimum Gasteiger partial charge on any atom is -0.376 e. The molecule has 0 saturated carbocycles. The van der Waals surface area contributed by atoms with Crippen LogP contribution in [0, 0.1) is 0 Å². The van der Waals surface area contributed by atoms with Crippen molar-refractivity contribution < 1.29 is 9.53 Å². The predicted octanol–water partition coefficient (Wildman–Crippen LogP) is 5.40. The average Bonchev–Trinajstić information content (AvgIpc) is 3.58. The van der Waals surface area contributed by atoms with Gasteiger partial charge in [0.1, 0.15) is 0 Å². The van der Waals surface area contributed by atoms with Gasteiger partial charge in [0.05, 0.1) is 16.7 Å². The molecular weight excluding hydrogens is 418 g/mol. The number of nitrogens with zero attached hydrogens (tertiary/aromatic N) is 1. The zero-order valence-corrected chi connectivity index (χ0v) is 18.7. The summed E-state index contributed by atoms with van der Waals surface area (Å²) in [6, 6.07) is 23.0. The van der Waals surface area contributed by atoms with Crippen molar-refractivity contribution in [2.45, 2.75) is 32.0 Å². The molecule has 0 radical (unpaired) electrons. The first kappa shape index (κ1) is 20.8. The lowest BCUT2D eigenvalue weighted by Crippen LogP contribution is -2.39. The quantitative estimate of drug-likeness (QED) is 0.400. The van der Waals surface area contributed by atoms with E-state index in [1.807, 2.05) is 6.07 Å². The van der Waals surface area contributed by atoms with Gasteiger partial charge in [0, 0.05) is 42.7 Å². The van der Waals surface area contributed by atoms with Crippen LogP contribution in [0.3, 0.4) is 0 Å². The van der Waals surface area contributed by atoms with Gasteiger partial charge in [0.2, 0.25) is 0 Å². The molecule has 2 aromatic carbocycles. The van der Waals surface area contributed by atoms with E-state index in [2.05, 4.69) is 81.2 Å². The second-order valence-corrected chi connectivity index (χ2v) is 9.04. The molecule has 1 saturated heterocycles. The molecule has 4 aromatic rings. The number of hydrogen-bond donors (Lipinski definition) is 2. The number of nitrogens with one attached hydrogen (secondary N) is 2. The van der Waals surface area contributed by atoms with Crippen LogP contribution in [0.25, 0.3) is 21.5 Å². The Balaban J connectivity index is 1.46. The number of carbonyl (C=O) groups is 1. The van der Waals surface area contributed by atoms with Crippen LogP contribution in [0.4, 0.5) is 4.79 Å². The van der Waals surface area contributed by atoms with E-state index < -0.39 is 0 Å². The predicted molar refractivity (Wildman–Crippen MR) is 130 cm³/mol. The molecule has 0 bridgehead atoms. The van der Waals surface area contributed by atoms with Gasteiger partial charge in [-0.3, -0.25) is 0 Å². The molecule has 6 heteroatoms. The summed E-state index contributed by atoms with van der Waals surface area (Å²) in [7, 11) is 0. The Morgan fingerprint density at radius 3 is 2.66 bits per heavy atom. The summed E-state index contributed by atoms with van der Waals surface area (Å²) in [6.07, 6.45) is 2.21. The number of aromatic nitrogens is 1. The van der Waals surface area contributed by atoms with Crippen molar-refractivity contribution in [3.8, 4) is 10.6 Å². The normalized spacial score (nSPS) is 15.8. The fraction of sp³-hybridized carbons (Fsp3) is 0.269. The van der Waals surface area contributed by atoms with E-state index in [4.69, 9.17) is 4.74 Å². The molecule has 5 nitrogen and oxygen atoms in total. The second-order valence-electron chi connectivity index (χ2n) is 8.09. The van der Waals surface area contributed by atoms with Crippen LogP contribution in [0.15, 0.2) is 72.1 Å². The minimum atomic E-state index is -0.155. The lowest BCUT2D eigenvalue weighted by molar-refractivity contribution is 0.111. The van der Waals surface area contributed by atoms with Crippen molar-refractivity contribution in [3.63, 3.8) is 0 Å². The second kappa shape index (κ2) is 9.59. The van der Waals surface area contributed by atoms with Crippen molar-refractivity contribution in [2.75, 3.05) is 13.2 Å². The lowest BCUT2D eigenvalue weighted by atomic mass is 10.1. The summed E-state index contributed by atoms with van der Waals surface area (Å²) in [5.74, 6) is 0. The van der Waals surface area contributed by atoms with Crippen LogP contribution in [-0.4, -0.2) is 29.9 Å². The Labute approximate surface area is 192 Å². The third-order valence-electron chi connectivity index (χ3n) is 5.95. The molecule has 1 aliphatic heterocycles. The molecule has 1 unspecified atom stereocenters. The van der Waals surface area contributed by atoms with Crippen LogP contribution in [-0.2, 0) is 17.8 Å². The number of rotatable bonds is 7. The highest BCUT2D eigenvalue weighted by Gasteiger charge is 2.20. The summed E-state index contributed by atoms with van der Waals surface area (Å²) < 4.78 is 7.98. The molecule has 2 aromatic heterocycles. The smallest absolute Gasteiger partial charge is 0.315 e. The Morgan fingerprint density at radius 2 is 1.88 bits per heavy atom. The lowest BCUT2D eigenvalue weighted by Gasteiger charge is -2.13. The molecule has 32 heavy (non-hydrogen) atoms. The van der Waals surface area contributed by atoms with E-state index in [0.29, 0.717) is 13.1 Å². The zero-order valence-electron chi connectivity index (χ0n) is 17.9. The van der Waals surface area contributed by atoms with Gasteiger partial charge >= 0.3 is 6.03 Å². The highest BCUT2D eigenvalue weighted by atomic mass is 32.1. The summed E-state index contributed by atoms with van der Waals surface area (Å²) in [5.41, 5.74) is 4.74. The Bertz CT molecular complexity index is 1180. The molecule has 0 spiro atoms. The van der Waals surface area contributed by atoms with E-state index in [1.165, 1.54) is 27.0 Å². The fourth-order valence-corrected chi connectivity index (χ4v) is 5.23. The van der Waals surface area contributed by atoms with Crippen LogP contribution in [0.5, 0.6) is 0 Å². The standard InChI is InChI=1S/C26H27N3O2S/c30-26(27-16-20-10-6-14-31-20)28-17-22-21-11-4-5-12-23(21)29(18-19-8-2-1-3-9-19)25(22)24-13-7-15-32-24/h1-5,7-9,11-13,15,20H,6,10,14,16-18H2,(H2,27,28,30). The number of fused-ring (bicyclic) bond motifs is 1. The first-order chi connectivity index (χ1) is 15.8. The van der Waals surface area contributed by atoms with Gasteiger partial charge in [0.25, 0.3) is 0 Å². The molecule has 1 atom stereocenters. The maximum absolute atomic E-state index is 12.5. The Hall–Kier alpha value is -3.09. The van der Waals surface area contributed by atoms with Gasteiger partial charge in [-0.2, -0.15) is 0 Å². The molecular formula is C26H27N3O2S. The monoisotopic (exact) mass is 445 g/mol. The van der Waals surface area contributed by atoms with Gasteiger partial charge in [0.15, 0.2) is 0 Å². The number of carbonyl (C=O) groups excluding carboxylic acids is 1. The van der Waals surface area contributed by atoms with Crippen LogP contribution in [0.2, 0.25) is 0 Å². The molecule has 1 aliphatic rings. The zero-order chi connectivity index (χ0) is 21.8. The Kier molecular flexibility index (Phi) is 6.23. The van der Waals surface area contributed by atoms with Crippen LogP contribution in [0.1, 0.15) is 24.0 Å². The van der Waals surface area contributed by atoms with Gasteiger partial charge in [-0.1, -0.05) is 54.6 Å². The number of benzene rings is 2. The molecule has 3 heterocycles. The Morgan fingerprint density at radius 1 is 1.03 bits per heavy atom. The van der Waals surface area contributed by atoms with Gasteiger partial charge in [-0.25, -0.2) is 4.79 Å². The molecule has 5 rings (SSSR count). The van der Waals surface area contributed by atoms with Crippen LogP contribution < -0.4 is 10.6 Å². The maximum Gasteiger partial charge on any atom is 0.315 e. The first-order valence-electron chi connectivity index (χ1n) is 11.1. The number of ether oxygens (including phenoxy) is 1. The highest BCUT2D eigenvalue weighted by molar-refractivity contribution is 7.13. The topological polar surface area (TPSA) is 55.3 Å². The molecule has 164 valence electrons. The summed E-state index contributed by atoms with van der Waals surface area (Å²) >= 11 is 1.73. The number of amides is 2. The summed E-state index contributed by atoms with van der Waals surface area (Å²) in [5, 5.41) is 9.32. The third-order valence-corrected chi connectivity index (χ3v) is 6.83. The van der Waals surface area contributed by atoms with E-state index in [0.717, 1.165) is 31.6 Å². The van der Waals surface area contributed by atoms with Crippen molar-refractivity contribution >= 4 is 28.3 Å². The van der Waals surface area contributed by atoms with Crippen molar-refractivity contribution in [1.29, 1.82) is 0 Å². The molecule has 2 N–H and O–H groups in total. The maximum atomic E-state index is 12.5. The van der Waals surface area contributed by atoms with Gasteiger partial charge in [-0.05, 0) is 35.9 Å². The number of hydrogen-bond acceptors (Lipinski definition) is 3. The number of thiophene rings is 1. The third kappa shape index (κ3) is 4.42. The van der Waals surface area contributed by atoms with Crippen molar-refractivity contribution in [1.82, 2.24) is 15.2 Å². The molecule has 1 fully saturated rings. The SMILES string of the molecule is O=C(NCc1c(-c2cccs2)n(Cc2ccccc2)c2ccccc12)NCC1CCCO1. The summed E-state index contributed by atoms with van der Waals surface area (Å²) in [4.78, 5) is 13.7. The van der Waals surface area contributed by atoms with Crippen LogP contribution >= 0.6 is 11.3 Å². The fourth-order valence-electron chi connectivity index (χ4n) is 4.42. The van der Waals surface area contributed by atoms with E-state index in [1.54, 1.807) is 11.3 Å². The highest BCUT2D eigenvalue weighted by Crippen LogP contribution is 2.36. The largest absolute Gasteiger partial charge is 0.376 e. The van der Waals surface area contributed by atoms with E-state index in [9.17, 15) is 4.79 Å². The van der Waals surface area contributed by atoms with Gasteiger partial charge in [-0.15, -0.1) is 11.3 Å². The molecule has 2 amide bonds. The first-order valence-corrected chi connectivity index (χ1v) is 12.0. The number of para-hydroxylation sites is 1. The van der Waals surface area contributed by atoms with Crippen molar-refractivity contribution in [3.05, 3.63) is 83.2 Å².